The molecule has 0 aliphatic carbocycles. The van der Waals surface area contributed by atoms with E-state index < -0.39 is 0 Å². The Kier molecular flexibility index (Phi) is 5.73. The molecule has 5 heteroatoms. The van der Waals surface area contributed by atoms with Gasteiger partial charge in [-0.05, 0) is 62.3 Å². The molecule has 1 aliphatic heterocycles. The predicted octanol–water partition coefficient (Wildman–Crippen LogP) is 2.99. The van der Waals surface area contributed by atoms with Crippen LogP contribution in [0.15, 0.2) is 24.3 Å². The molecule has 1 aliphatic rings. The van der Waals surface area contributed by atoms with Crippen LogP contribution in [-0.2, 0) is 0 Å². The SMILES string of the molecule is CCCN1CCC(NC(=S)Nc2ccc(F)cc2)CC1. The van der Waals surface area contributed by atoms with E-state index in [0.29, 0.717) is 11.2 Å². The van der Waals surface area contributed by atoms with Gasteiger partial charge in [0.15, 0.2) is 5.11 Å². The first kappa shape index (κ1) is 15.2. The Hall–Kier alpha value is -1.20. The van der Waals surface area contributed by atoms with Gasteiger partial charge in [0, 0.05) is 24.8 Å². The van der Waals surface area contributed by atoms with Crippen LogP contribution >= 0.6 is 12.2 Å². The van der Waals surface area contributed by atoms with Gasteiger partial charge in [-0.15, -0.1) is 0 Å². The van der Waals surface area contributed by atoms with Gasteiger partial charge >= 0.3 is 0 Å². The summed E-state index contributed by atoms with van der Waals surface area (Å²) in [4.78, 5) is 2.49. The fourth-order valence-corrected chi connectivity index (χ4v) is 2.79. The fraction of sp³-hybridized carbons (Fsp3) is 0.533. The van der Waals surface area contributed by atoms with Gasteiger partial charge in [0.05, 0.1) is 0 Å². The van der Waals surface area contributed by atoms with Crippen molar-refractivity contribution in [1.29, 1.82) is 0 Å². The Balaban J connectivity index is 1.74. The van der Waals surface area contributed by atoms with Gasteiger partial charge in [0.1, 0.15) is 5.82 Å². The normalized spacial score (nSPS) is 16.9. The standard InChI is InChI=1S/C15H22FN3S/c1-2-9-19-10-7-14(8-11-19)18-15(20)17-13-5-3-12(16)4-6-13/h3-6,14H,2,7-11H2,1H3,(H2,17,18,20). The largest absolute Gasteiger partial charge is 0.360 e. The number of nitrogens with one attached hydrogen (secondary N) is 2. The zero-order chi connectivity index (χ0) is 14.4. The third-order valence-electron chi connectivity index (χ3n) is 3.56. The lowest BCUT2D eigenvalue weighted by molar-refractivity contribution is 0.207. The quantitative estimate of drug-likeness (QED) is 0.835. The summed E-state index contributed by atoms with van der Waals surface area (Å²) in [6, 6.07) is 6.66. The van der Waals surface area contributed by atoms with Gasteiger partial charge in [-0.1, -0.05) is 6.92 Å². The summed E-state index contributed by atoms with van der Waals surface area (Å²) in [5.74, 6) is -0.238. The first-order chi connectivity index (χ1) is 9.67. The summed E-state index contributed by atoms with van der Waals surface area (Å²) in [6.07, 6.45) is 3.44. The van der Waals surface area contributed by atoms with Crippen molar-refractivity contribution in [3.05, 3.63) is 30.1 Å². The summed E-state index contributed by atoms with van der Waals surface area (Å²) in [5.41, 5.74) is 0.812. The fourth-order valence-electron chi connectivity index (χ4n) is 2.50. The highest BCUT2D eigenvalue weighted by atomic mass is 32.1. The Morgan fingerprint density at radius 3 is 2.55 bits per heavy atom. The maximum Gasteiger partial charge on any atom is 0.170 e. The minimum atomic E-state index is -0.238. The molecule has 0 saturated carbocycles. The molecule has 0 unspecified atom stereocenters. The molecule has 2 rings (SSSR count). The third-order valence-corrected chi connectivity index (χ3v) is 3.78. The van der Waals surface area contributed by atoms with Gasteiger partial charge in [-0.25, -0.2) is 4.39 Å². The lowest BCUT2D eigenvalue weighted by atomic mass is 10.1. The molecule has 0 bridgehead atoms. The highest BCUT2D eigenvalue weighted by Crippen LogP contribution is 2.12. The number of rotatable bonds is 4. The number of thiocarbonyl (C=S) groups is 1. The van der Waals surface area contributed by atoms with Gasteiger partial charge < -0.3 is 15.5 Å². The molecule has 0 atom stereocenters. The van der Waals surface area contributed by atoms with Crippen LogP contribution in [0.2, 0.25) is 0 Å². The topological polar surface area (TPSA) is 27.3 Å². The number of likely N-dealkylation sites (tertiary alicyclic amines) is 1. The summed E-state index contributed by atoms with van der Waals surface area (Å²) >= 11 is 5.30. The zero-order valence-corrected chi connectivity index (χ0v) is 12.7. The van der Waals surface area contributed by atoms with Crippen molar-refractivity contribution in [3.8, 4) is 0 Å². The molecule has 1 aromatic carbocycles. The first-order valence-corrected chi connectivity index (χ1v) is 7.63. The molecular weight excluding hydrogens is 273 g/mol. The van der Waals surface area contributed by atoms with E-state index in [2.05, 4.69) is 22.5 Å². The minimum absolute atomic E-state index is 0.238. The number of benzene rings is 1. The maximum atomic E-state index is 12.8. The number of piperidine rings is 1. The molecule has 1 fully saturated rings. The van der Waals surface area contributed by atoms with Crippen LogP contribution in [0.5, 0.6) is 0 Å². The molecule has 0 aromatic heterocycles. The van der Waals surface area contributed by atoms with Crippen LogP contribution in [0.3, 0.4) is 0 Å². The minimum Gasteiger partial charge on any atom is -0.360 e. The number of anilines is 1. The van der Waals surface area contributed by atoms with Crippen molar-refractivity contribution < 1.29 is 4.39 Å². The van der Waals surface area contributed by atoms with Crippen LogP contribution in [0, 0.1) is 5.82 Å². The zero-order valence-electron chi connectivity index (χ0n) is 11.9. The smallest absolute Gasteiger partial charge is 0.170 e. The van der Waals surface area contributed by atoms with Gasteiger partial charge in [-0.3, -0.25) is 0 Å². The van der Waals surface area contributed by atoms with Crippen LogP contribution in [0.25, 0.3) is 0 Å². The summed E-state index contributed by atoms with van der Waals surface area (Å²) in [5, 5.41) is 7.05. The van der Waals surface area contributed by atoms with Crippen LogP contribution < -0.4 is 10.6 Å². The molecule has 0 radical (unpaired) electrons. The van der Waals surface area contributed by atoms with Gasteiger partial charge in [0.2, 0.25) is 0 Å². The second-order valence-corrected chi connectivity index (χ2v) is 5.63. The number of nitrogens with zero attached hydrogens (tertiary/aromatic N) is 1. The van der Waals surface area contributed by atoms with E-state index in [9.17, 15) is 4.39 Å². The lowest BCUT2D eigenvalue weighted by Crippen LogP contribution is -2.45. The maximum absolute atomic E-state index is 12.8. The van der Waals surface area contributed by atoms with Crippen molar-refractivity contribution in [3.63, 3.8) is 0 Å². The van der Waals surface area contributed by atoms with E-state index in [0.717, 1.165) is 31.6 Å². The molecule has 0 amide bonds. The average molecular weight is 295 g/mol. The van der Waals surface area contributed by atoms with Crippen LogP contribution in [0.1, 0.15) is 26.2 Å². The lowest BCUT2D eigenvalue weighted by Gasteiger charge is -2.32. The highest BCUT2D eigenvalue weighted by molar-refractivity contribution is 7.80. The Morgan fingerprint density at radius 1 is 1.30 bits per heavy atom. The summed E-state index contributed by atoms with van der Waals surface area (Å²) in [6.45, 7) is 5.66. The van der Waals surface area contributed by atoms with Crippen molar-refractivity contribution in [2.45, 2.75) is 32.2 Å². The molecule has 1 saturated heterocycles. The molecule has 3 nitrogen and oxygen atoms in total. The molecular formula is C15H22FN3S. The van der Waals surface area contributed by atoms with Crippen molar-refractivity contribution >= 4 is 23.0 Å². The molecule has 110 valence electrons. The number of hydrogen-bond acceptors (Lipinski definition) is 2. The molecule has 20 heavy (non-hydrogen) atoms. The summed E-state index contributed by atoms with van der Waals surface area (Å²) < 4.78 is 12.8. The predicted molar refractivity (Wildman–Crippen MR) is 85.5 cm³/mol. The van der Waals surface area contributed by atoms with Crippen molar-refractivity contribution in [1.82, 2.24) is 10.2 Å². The average Bonchev–Trinajstić information content (AvgIpc) is 2.44. The number of hydrogen-bond donors (Lipinski definition) is 2. The molecule has 0 spiro atoms. The van der Waals surface area contributed by atoms with Crippen molar-refractivity contribution in [2.75, 3.05) is 25.0 Å². The molecule has 1 aromatic rings. The molecule has 1 heterocycles. The Labute approximate surface area is 125 Å². The van der Waals surface area contributed by atoms with E-state index >= 15 is 0 Å². The van der Waals surface area contributed by atoms with Gasteiger partial charge in [0.25, 0.3) is 0 Å². The van der Waals surface area contributed by atoms with Crippen LogP contribution in [-0.4, -0.2) is 35.7 Å². The number of halogens is 1. The van der Waals surface area contributed by atoms with E-state index in [-0.39, 0.29) is 5.82 Å². The van der Waals surface area contributed by atoms with E-state index in [1.165, 1.54) is 25.1 Å². The van der Waals surface area contributed by atoms with Crippen LogP contribution in [0.4, 0.5) is 10.1 Å². The van der Waals surface area contributed by atoms with Gasteiger partial charge in [-0.2, -0.15) is 0 Å². The first-order valence-electron chi connectivity index (χ1n) is 7.23. The van der Waals surface area contributed by atoms with E-state index in [4.69, 9.17) is 12.2 Å². The summed E-state index contributed by atoms with van der Waals surface area (Å²) in [7, 11) is 0. The third kappa shape index (κ3) is 4.72. The second kappa shape index (κ2) is 7.55. The Morgan fingerprint density at radius 2 is 1.95 bits per heavy atom. The Bertz CT molecular complexity index is 427. The van der Waals surface area contributed by atoms with Crippen molar-refractivity contribution in [2.24, 2.45) is 0 Å². The molecule has 2 N–H and O–H groups in total. The monoisotopic (exact) mass is 295 g/mol. The second-order valence-electron chi connectivity index (χ2n) is 5.22. The van der Waals surface area contributed by atoms with E-state index in [1.807, 2.05) is 0 Å². The van der Waals surface area contributed by atoms with E-state index in [1.54, 1.807) is 12.1 Å². The highest BCUT2D eigenvalue weighted by Gasteiger charge is 2.18.